The zero-order valence-electron chi connectivity index (χ0n) is 20.1. The Morgan fingerprint density at radius 1 is 0.903 bits per heavy atom. The number of allylic oxidation sites excluding steroid dienone is 6. The highest BCUT2D eigenvalue weighted by atomic mass is 16.6. The first-order chi connectivity index (χ1) is 14.2. The number of ether oxygens (including phenoxy) is 1. The van der Waals surface area contributed by atoms with Crippen molar-refractivity contribution in [2.45, 2.75) is 73.8 Å². The molecule has 0 spiro atoms. The number of amides is 1. The summed E-state index contributed by atoms with van der Waals surface area (Å²) in [5.74, 6) is -0.0592. The van der Waals surface area contributed by atoms with E-state index in [1.807, 2.05) is 34.6 Å². The second-order valence-corrected chi connectivity index (χ2v) is 9.19. The van der Waals surface area contributed by atoms with E-state index in [0.29, 0.717) is 23.4 Å². The van der Waals surface area contributed by atoms with E-state index in [1.54, 1.807) is 20.8 Å². The molecule has 0 bridgehead atoms. The molecular weight excluding hydrogens is 394 g/mol. The van der Waals surface area contributed by atoms with Gasteiger partial charge in [0.1, 0.15) is 5.60 Å². The van der Waals surface area contributed by atoms with Crippen LogP contribution in [0, 0.1) is 0 Å². The van der Waals surface area contributed by atoms with E-state index in [2.05, 4.69) is 5.32 Å². The van der Waals surface area contributed by atoms with E-state index in [1.165, 1.54) is 0 Å². The number of rotatable bonds is 3. The Hall–Kier alpha value is -2.67. The molecule has 0 saturated carbocycles. The van der Waals surface area contributed by atoms with E-state index in [4.69, 9.17) is 16.2 Å². The summed E-state index contributed by atoms with van der Waals surface area (Å²) in [6.45, 7) is 15.5. The first-order valence-electron chi connectivity index (χ1n) is 10.4. The van der Waals surface area contributed by atoms with Crippen LogP contribution in [0.25, 0.3) is 0 Å². The number of ketones is 2. The molecule has 2 rings (SSSR count). The third-order valence-corrected chi connectivity index (χ3v) is 5.34. The lowest BCUT2D eigenvalue weighted by Gasteiger charge is -2.22. The van der Waals surface area contributed by atoms with E-state index in [9.17, 15) is 14.4 Å². The van der Waals surface area contributed by atoms with Gasteiger partial charge in [-0.3, -0.25) is 9.59 Å². The second-order valence-electron chi connectivity index (χ2n) is 9.19. The van der Waals surface area contributed by atoms with Gasteiger partial charge in [0.05, 0.1) is 5.70 Å². The molecule has 0 radical (unpaired) electrons. The van der Waals surface area contributed by atoms with Crippen LogP contribution in [0.15, 0.2) is 44.7 Å². The standard InChI is InChI=1S/C15H23NO3.C9H14N2O/c1-9-7-10(2)12(13(17)11(9)3)8-16-14(18)19-15(4,5)6;1-5-3-6(2)8(11)9(12)7(5)4-10/h7-8H2,1-6H3,(H,16,18);3-4,10-11H2,1-2H3. The SMILES string of the molecule is CC1=C(C)C(=O)C(CNC(=O)OC(C)(C)C)=C(C)C1.CC1=C(N)C(=O)C(CN)=C(C)C1. The van der Waals surface area contributed by atoms with Gasteiger partial charge in [0.2, 0.25) is 5.78 Å². The Kier molecular flexibility index (Phi) is 8.99. The molecule has 1 amide bonds. The van der Waals surface area contributed by atoms with Gasteiger partial charge in [-0.05, 0) is 79.4 Å². The lowest BCUT2D eigenvalue weighted by Crippen LogP contribution is -2.35. The van der Waals surface area contributed by atoms with Crippen molar-refractivity contribution in [3.63, 3.8) is 0 Å². The van der Waals surface area contributed by atoms with Crippen LogP contribution in [0.2, 0.25) is 0 Å². The third kappa shape index (κ3) is 7.21. The van der Waals surface area contributed by atoms with Crippen molar-refractivity contribution in [2.24, 2.45) is 11.5 Å². The topological polar surface area (TPSA) is 125 Å². The highest BCUT2D eigenvalue weighted by Gasteiger charge is 2.23. The van der Waals surface area contributed by atoms with Gasteiger partial charge in [-0.1, -0.05) is 16.7 Å². The van der Waals surface area contributed by atoms with Crippen molar-refractivity contribution in [3.8, 4) is 0 Å². The van der Waals surface area contributed by atoms with E-state index < -0.39 is 11.7 Å². The number of Topliss-reactive ketones (excluding diaryl/α,β-unsaturated/α-hetero) is 2. The second kappa shape index (κ2) is 10.6. The lowest BCUT2D eigenvalue weighted by molar-refractivity contribution is -0.113. The lowest BCUT2D eigenvalue weighted by atomic mass is 9.87. The van der Waals surface area contributed by atoms with Crippen molar-refractivity contribution < 1.29 is 19.1 Å². The summed E-state index contributed by atoms with van der Waals surface area (Å²) >= 11 is 0. The normalized spacial score (nSPS) is 17.7. The van der Waals surface area contributed by atoms with Crippen molar-refractivity contribution in [2.75, 3.05) is 13.1 Å². The van der Waals surface area contributed by atoms with Crippen molar-refractivity contribution in [3.05, 3.63) is 44.7 Å². The monoisotopic (exact) mass is 431 g/mol. The molecule has 5 N–H and O–H groups in total. The molecule has 0 fully saturated rings. The zero-order valence-corrected chi connectivity index (χ0v) is 20.1. The van der Waals surface area contributed by atoms with Crippen LogP contribution in [0.1, 0.15) is 68.2 Å². The number of nitrogens with one attached hydrogen (secondary N) is 1. The maximum Gasteiger partial charge on any atom is 0.407 e. The Labute approximate surface area is 185 Å². The molecule has 0 saturated heterocycles. The molecule has 31 heavy (non-hydrogen) atoms. The van der Waals surface area contributed by atoms with Crippen molar-refractivity contribution in [1.29, 1.82) is 0 Å². The Morgan fingerprint density at radius 2 is 1.42 bits per heavy atom. The van der Waals surface area contributed by atoms with Gasteiger partial charge < -0.3 is 21.5 Å². The summed E-state index contributed by atoms with van der Waals surface area (Å²) in [7, 11) is 0. The zero-order chi connectivity index (χ0) is 24.1. The van der Waals surface area contributed by atoms with Crippen molar-refractivity contribution in [1.82, 2.24) is 5.32 Å². The number of hydrogen-bond acceptors (Lipinski definition) is 6. The fourth-order valence-corrected chi connectivity index (χ4v) is 3.37. The summed E-state index contributed by atoms with van der Waals surface area (Å²) < 4.78 is 5.15. The fourth-order valence-electron chi connectivity index (χ4n) is 3.37. The molecular formula is C24H37N3O4. The Balaban J connectivity index is 0.000000343. The maximum atomic E-state index is 12.1. The van der Waals surface area contributed by atoms with Crippen LogP contribution >= 0.6 is 0 Å². The minimum Gasteiger partial charge on any atom is -0.444 e. The van der Waals surface area contributed by atoms with Gasteiger partial charge in [-0.25, -0.2) is 4.79 Å². The molecule has 2 aliphatic carbocycles. The number of nitrogens with two attached hydrogens (primary N) is 2. The molecule has 0 unspecified atom stereocenters. The summed E-state index contributed by atoms with van der Waals surface area (Å²) in [5.41, 5.74) is 17.1. The number of alkyl carbamates (subject to hydrolysis) is 1. The summed E-state index contributed by atoms with van der Waals surface area (Å²) in [5, 5.41) is 2.64. The minimum absolute atomic E-state index is 0.0253. The van der Waals surface area contributed by atoms with Crippen LogP contribution in [0.5, 0.6) is 0 Å². The van der Waals surface area contributed by atoms with Crippen molar-refractivity contribution >= 4 is 17.7 Å². The molecule has 0 heterocycles. The molecule has 0 aliphatic heterocycles. The average Bonchev–Trinajstić information content (AvgIpc) is 2.64. The molecule has 0 aromatic rings. The smallest absolute Gasteiger partial charge is 0.407 e. The van der Waals surface area contributed by atoms with Gasteiger partial charge in [-0.15, -0.1) is 0 Å². The molecule has 172 valence electrons. The molecule has 0 aromatic carbocycles. The van der Waals surface area contributed by atoms with Crippen LogP contribution in [0.4, 0.5) is 4.79 Å². The van der Waals surface area contributed by atoms with E-state index in [-0.39, 0.29) is 18.1 Å². The van der Waals surface area contributed by atoms with Gasteiger partial charge >= 0.3 is 6.09 Å². The minimum atomic E-state index is -0.531. The first kappa shape index (κ1) is 26.4. The number of carbonyl (C=O) groups is 3. The van der Waals surface area contributed by atoms with Crippen LogP contribution < -0.4 is 16.8 Å². The average molecular weight is 432 g/mol. The van der Waals surface area contributed by atoms with Crippen LogP contribution in [-0.2, 0) is 14.3 Å². The summed E-state index contributed by atoms with van der Waals surface area (Å²) in [6.07, 6.45) is 1.08. The summed E-state index contributed by atoms with van der Waals surface area (Å²) in [6, 6.07) is 0. The number of hydrogen-bond donors (Lipinski definition) is 3. The maximum absolute atomic E-state index is 12.1. The third-order valence-electron chi connectivity index (χ3n) is 5.34. The van der Waals surface area contributed by atoms with Gasteiger partial charge in [0.15, 0.2) is 5.78 Å². The van der Waals surface area contributed by atoms with Crippen LogP contribution in [-0.4, -0.2) is 36.4 Å². The predicted octanol–water partition coefficient (Wildman–Crippen LogP) is 3.60. The van der Waals surface area contributed by atoms with E-state index >= 15 is 0 Å². The quantitative estimate of drug-likeness (QED) is 0.627. The largest absolute Gasteiger partial charge is 0.444 e. The van der Waals surface area contributed by atoms with Crippen LogP contribution in [0.3, 0.4) is 0 Å². The molecule has 2 aliphatic rings. The Morgan fingerprint density at radius 3 is 1.94 bits per heavy atom. The Bertz CT molecular complexity index is 896. The molecule has 7 nitrogen and oxygen atoms in total. The number of carbonyl (C=O) groups excluding carboxylic acids is 3. The fraction of sp³-hybridized carbons (Fsp3) is 0.542. The van der Waals surface area contributed by atoms with Gasteiger partial charge in [0, 0.05) is 24.2 Å². The summed E-state index contributed by atoms with van der Waals surface area (Å²) in [4.78, 5) is 35.2. The van der Waals surface area contributed by atoms with Gasteiger partial charge in [0.25, 0.3) is 0 Å². The highest BCUT2D eigenvalue weighted by molar-refractivity contribution is 6.10. The molecule has 0 atom stereocenters. The highest BCUT2D eigenvalue weighted by Crippen LogP contribution is 2.26. The molecule has 0 aromatic heterocycles. The van der Waals surface area contributed by atoms with Gasteiger partial charge in [-0.2, -0.15) is 0 Å². The van der Waals surface area contributed by atoms with E-state index in [0.717, 1.165) is 40.7 Å². The first-order valence-corrected chi connectivity index (χ1v) is 10.4. The predicted molar refractivity (Wildman–Crippen MR) is 123 cm³/mol. The molecule has 7 heteroatoms.